The SMILES string of the molecule is O=C(CCc1ccccc1)NC1CCCCC1. The van der Waals surface area contributed by atoms with E-state index in [1.807, 2.05) is 18.2 Å². The maximum absolute atomic E-state index is 11.8. The fourth-order valence-corrected chi connectivity index (χ4v) is 2.45. The number of hydrogen-bond acceptors (Lipinski definition) is 1. The van der Waals surface area contributed by atoms with Gasteiger partial charge in [0, 0.05) is 12.5 Å². The van der Waals surface area contributed by atoms with Crippen LogP contribution in [0.1, 0.15) is 44.1 Å². The molecule has 1 aromatic rings. The van der Waals surface area contributed by atoms with Gasteiger partial charge in [0.2, 0.25) is 5.91 Å². The van der Waals surface area contributed by atoms with Gasteiger partial charge < -0.3 is 5.32 Å². The third-order valence-corrected chi connectivity index (χ3v) is 3.45. The molecular weight excluding hydrogens is 210 g/mol. The van der Waals surface area contributed by atoms with Gasteiger partial charge in [-0.05, 0) is 24.8 Å². The summed E-state index contributed by atoms with van der Waals surface area (Å²) in [6.07, 6.45) is 7.65. The maximum Gasteiger partial charge on any atom is 0.220 e. The van der Waals surface area contributed by atoms with Crippen LogP contribution < -0.4 is 5.32 Å². The van der Waals surface area contributed by atoms with E-state index >= 15 is 0 Å². The Labute approximate surface area is 103 Å². The molecule has 0 aromatic heterocycles. The minimum atomic E-state index is 0.209. The van der Waals surface area contributed by atoms with Crippen LogP contribution in [0.5, 0.6) is 0 Å². The molecule has 0 heterocycles. The van der Waals surface area contributed by atoms with Crippen LogP contribution in [0.15, 0.2) is 30.3 Å². The van der Waals surface area contributed by atoms with Crippen molar-refractivity contribution in [1.29, 1.82) is 0 Å². The van der Waals surface area contributed by atoms with E-state index in [1.165, 1.54) is 24.8 Å². The normalized spacial score (nSPS) is 16.7. The molecule has 1 N–H and O–H groups in total. The largest absolute Gasteiger partial charge is 0.353 e. The van der Waals surface area contributed by atoms with Gasteiger partial charge in [0.05, 0.1) is 0 Å². The number of nitrogens with one attached hydrogen (secondary N) is 1. The zero-order valence-electron chi connectivity index (χ0n) is 10.3. The first-order chi connectivity index (χ1) is 8.34. The molecule has 0 atom stereocenters. The molecule has 1 fully saturated rings. The van der Waals surface area contributed by atoms with Crippen LogP contribution in [0.4, 0.5) is 0 Å². The van der Waals surface area contributed by atoms with E-state index in [-0.39, 0.29) is 5.91 Å². The van der Waals surface area contributed by atoms with Crippen molar-refractivity contribution in [3.63, 3.8) is 0 Å². The summed E-state index contributed by atoms with van der Waals surface area (Å²) in [5.74, 6) is 0.209. The van der Waals surface area contributed by atoms with Crippen LogP contribution in [0.2, 0.25) is 0 Å². The highest BCUT2D eigenvalue weighted by molar-refractivity contribution is 5.76. The van der Waals surface area contributed by atoms with Gasteiger partial charge in [0.25, 0.3) is 0 Å². The average molecular weight is 231 g/mol. The summed E-state index contributed by atoms with van der Waals surface area (Å²) in [5, 5.41) is 3.15. The van der Waals surface area contributed by atoms with E-state index in [4.69, 9.17) is 0 Å². The summed E-state index contributed by atoms with van der Waals surface area (Å²) in [4.78, 5) is 11.8. The van der Waals surface area contributed by atoms with Gasteiger partial charge >= 0.3 is 0 Å². The van der Waals surface area contributed by atoms with Crippen molar-refractivity contribution in [3.8, 4) is 0 Å². The van der Waals surface area contributed by atoms with Gasteiger partial charge in [-0.15, -0.1) is 0 Å². The molecule has 2 heteroatoms. The van der Waals surface area contributed by atoms with Gasteiger partial charge in [-0.3, -0.25) is 4.79 Å². The summed E-state index contributed by atoms with van der Waals surface area (Å²) < 4.78 is 0. The Morgan fingerprint density at radius 3 is 2.53 bits per heavy atom. The lowest BCUT2D eigenvalue weighted by molar-refractivity contribution is -0.121. The Morgan fingerprint density at radius 1 is 1.12 bits per heavy atom. The van der Waals surface area contributed by atoms with Crippen molar-refractivity contribution in [2.24, 2.45) is 0 Å². The van der Waals surface area contributed by atoms with E-state index in [0.29, 0.717) is 12.5 Å². The third-order valence-electron chi connectivity index (χ3n) is 3.45. The molecule has 1 aromatic carbocycles. The fraction of sp³-hybridized carbons (Fsp3) is 0.533. The second kappa shape index (κ2) is 6.43. The molecule has 0 unspecified atom stereocenters. The van der Waals surface area contributed by atoms with Crippen molar-refractivity contribution in [3.05, 3.63) is 35.9 Å². The van der Waals surface area contributed by atoms with E-state index in [0.717, 1.165) is 19.3 Å². The van der Waals surface area contributed by atoms with Crippen molar-refractivity contribution in [2.75, 3.05) is 0 Å². The summed E-state index contributed by atoms with van der Waals surface area (Å²) >= 11 is 0. The first kappa shape index (κ1) is 12.2. The van der Waals surface area contributed by atoms with Crippen molar-refractivity contribution >= 4 is 5.91 Å². The van der Waals surface area contributed by atoms with E-state index in [2.05, 4.69) is 17.4 Å². The van der Waals surface area contributed by atoms with Gasteiger partial charge in [0.15, 0.2) is 0 Å². The standard InChI is InChI=1S/C15H21NO/c17-15(16-14-9-5-2-6-10-14)12-11-13-7-3-1-4-8-13/h1,3-4,7-8,14H,2,5-6,9-12H2,(H,16,17). The molecule has 1 saturated carbocycles. The smallest absolute Gasteiger partial charge is 0.220 e. The van der Waals surface area contributed by atoms with Crippen LogP contribution in [-0.2, 0) is 11.2 Å². The highest BCUT2D eigenvalue weighted by Crippen LogP contribution is 2.17. The molecule has 2 nitrogen and oxygen atoms in total. The molecule has 1 aliphatic rings. The first-order valence-electron chi connectivity index (χ1n) is 6.68. The zero-order valence-corrected chi connectivity index (χ0v) is 10.3. The minimum absolute atomic E-state index is 0.209. The second-order valence-electron chi connectivity index (χ2n) is 4.89. The van der Waals surface area contributed by atoms with Crippen LogP contribution in [0, 0.1) is 0 Å². The lowest BCUT2D eigenvalue weighted by Crippen LogP contribution is -2.36. The summed E-state index contributed by atoms with van der Waals surface area (Å²) in [7, 11) is 0. The molecule has 0 saturated heterocycles. The lowest BCUT2D eigenvalue weighted by atomic mass is 9.95. The number of benzene rings is 1. The van der Waals surface area contributed by atoms with E-state index in [1.54, 1.807) is 0 Å². The Bertz CT molecular complexity index is 341. The topological polar surface area (TPSA) is 29.1 Å². The zero-order chi connectivity index (χ0) is 11.9. The predicted octanol–water partition coefficient (Wildman–Crippen LogP) is 3.07. The Morgan fingerprint density at radius 2 is 1.82 bits per heavy atom. The Hall–Kier alpha value is -1.31. The maximum atomic E-state index is 11.8. The first-order valence-corrected chi connectivity index (χ1v) is 6.68. The lowest BCUT2D eigenvalue weighted by Gasteiger charge is -2.22. The molecule has 0 aliphatic heterocycles. The molecule has 1 amide bonds. The molecule has 0 radical (unpaired) electrons. The Kier molecular flexibility index (Phi) is 4.60. The molecule has 2 rings (SSSR count). The highest BCUT2D eigenvalue weighted by atomic mass is 16.1. The predicted molar refractivity (Wildman–Crippen MR) is 69.8 cm³/mol. The third kappa shape index (κ3) is 4.22. The molecule has 17 heavy (non-hydrogen) atoms. The van der Waals surface area contributed by atoms with Crippen LogP contribution >= 0.6 is 0 Å². The number of hydrogen-bond donors (Lipinski definition) is 1. The van der Waals surface area contributed by atoms with Crippen LogP contribution in [0.25, 0.3) is 0 Å². The second-order valence-corrected chi connectivity index (χ2v) is 4.89. The molecular formula is C15H21NO. The van der Waals surface area contributed by atoms with Crippen molar-refractivity contribution in [2.45, 2.75) is 51.0 Å². The summed E-state index contributed by atoms with van der Waals surface area (Å²) in [6, 6.07) is 10.6. The number of amides is 1. The fourth-order valence-electron chi connectivity index (χ4n) is 2.45. The Balaban J connectivity index is 1.70. The number of carbonyl (C=O) groups excluding carboxylic acids is 1. The van der Waals surface area contributed by atoms with E-state index in [9.17, 15) is 4.79 Å². The minimum Gasteiger partial charge on any atom is -0.353 e. The van der Waals surface area contributed by atoms with Crippen LogP contribution in [0.3, 0.4) is 0 Å². The molecule has 92 valence electrons. The van der Waals surface area contributed by atoms with E-state index < -0.39 is 0 Å². The van der Waals surface area contributed by atoms with Gasteiger partial charge in [0.1, 0.15) is 0 Å². The van der Waals surface area contributed by atoms with Crippen molar-refractivity contribution in [1.82, 2.24) is 5.32 Å². The molecule has 0 bridgehead atoms. The monoisotopic (exact) mass is 231 g/mol. The molecule has 1 aliphatic carbocycles. The molecule has 0 spiro atoms. The summed E-state index contributed by atoms with van der Waals surface area (Å²) in [6.45, 7) is 0. The van der Waals surface area contributed by atoms with Gasteiger partial charge in [-0.2, -0.15) is 0 Å². The van der Waals surface area contributed by atoms with Gasteiger partial charge in [-0.1, -0.05) is 49.6 Å². The highest BCUT2D eigenvalue weighted by Gasteiger charge is 2.15. The van der Waals surface area contributed by atoms with Crippen molar-refractivity contribution < 1.29 is 4.79 Å². The number of aryl methyl sites for hydroxylation is 1. The average Bonchev–Trinajstić information content (AvgIpc) is 2.39. The number of carbonyl (C=O) groups is 1. The van der Waals surface area contributed by atoms with Crippen LogP contribution in [-0.4, -0.2) is 11.9 Å². The van der Waals surface area contributed by atoms with Gasteiger partial charge in [-0.25, -0.2) is 0 Å². The summed E-state index contributed by atoms with van der Waals surface area (Å²) in [5.41, 5.74) is 1.24. The quantitative estimate of drug-likeness (QED) is 0.847. The number of rotatable bonds is 4.